The molecule has 0 aliphatic carbocycles. The molecular formula is C11H8BrN3O. The van der Waals surface area contributed by atoms with E-state index in [9.17, 15) is 4.79 Å². The van der Waals surface area contributed by atoms with Crippen LogP contribution in [0.3, 0.4) is 0 Å². The molecule has 0 aliphatic rings. The summed E-state index contributed by atoms with van der Waals surface area (Å²) in [5.41, 5.74) is 0.504. The number of hydrogen-bond acceptors (Lipinski definition) is 3. The summed E-state index contributed by atoms with van der Waals surface area (Å²) in [5, 5.41) is 2.68. The third kappa shape index (κ3) is 2.64. The number of nitrogens with one attached hydrogen (secondary N) is 1. The number of nitrogens with zero attached hydrogens (tertiary/aromatic N) is 2. The van der Waals surface area contributed by atoms with Crippen LogP contribution >= 0.6 is 15.9 Å². The molecule has 0 bridgehead atoms. The summed E-state index contributed by atoms with van der Waals surface area (Å²) in [6.45, 7) is 0. The Bertz CT molecular complexity index is 502. The van der Waals surface area contributed by atoms with Gasteiger partial charge in [0, 0.05) is 12.4 Å². The van der Waals surface area contributed by atoms with Crippen LogP contribution in [0.1, 0.15) is 10.4 Å². The first-order valence-electron chi connectivity index (χ1n) is 4.59. The lowest BCUT2D eigenvalue weighted by Crippen LogP contribution is -2.12. The second-order valence-corrected chi connectivity index (χ2v) is 3.85. The Hall–Kier alpha value is -1.75. The van der Waals surface area contributed by atoms with Gasteiger partial charge in [0.05, 0.1) is 5.56 Å². The van der Waals surface area contributed by atoms with Crippen molar-refractivity contribution in [1.29, 1.82) is 0 Å². The van der Waals surface area contributed by atoms with Crippen molar-refractivity contribution in [2.24, 2.45) is 0 Å². The van der Waals surface area contributed by atoms with Crippen LogP contribution in [0.15, 0.2) is 47.3 Å². The van der Waals surface area contributed by atoms with Crippen LogP contribution in [0.2, 0.25) is 0 Å². The van der Waals surface area contributed by atoms with Gasteiger partial charge >= 0.3 is 0 Å². The predicted molar refractivity (Wildman–Crippen MR) is 64.1 cm³/mol. The van der Waals surface area contributed by atoms with E-state index in [1.807, 2.05) is 0 Å². The van der Waals surface area contributed by atoms with Crippen molar-refractivity contribution in [2.75, 3.05) is 5.32 Å². The summed E-state index contributed by atoms with van der Waals surface area (Å²) in [7, 11) is 0. The maximum atomic E-state index is 11.7. The van der Waals surface area contributed by atoms with E-state index < -0.39 is 0 Å². The smallest absolute Gasteiger partial charge is 0.258 e. The first-order chi connectivity index (χ1) is 7.75. The van der Waals surface area contributed by atoms with Gasteiger partial charge in [-0.25, -0.2) is 4.98 Å². The van der Waals surface area contributed by atoms with Gasteiger partial charge in [0.1, 0.15) is 10.4 Å². The molecular weight excluding hydrogens is 270 g/mol. The topological polar surface area (TPSA) is 54.9 Å². The Morgan fingerprint density at radius 1 is 1.25 bits per heavy atom. The van der Waals surface area contributed by atoms with Gasteiger partial charge in [0.15, 0.2) is 0 Å². The molecule has 0 radical (unpaired) electrons. The number of halogens is 1. The van der Waals surface area contributed by atoms with Gasteiger partial charge in [-0.15, -0.1) is 0 Å². The molecule has 2 aromatic heterocycles. The van der Waals surface area contributed by atoms with Crippen LogP contribution < -0.4 is 5.32 Å². The van der Waals surface area contributed by atoms with Gasteiger partial charge in [-0.2, -0.15) is 0 Å². The van der Waals surface area contributed by atoms with Crippen molar-refractivity contribution < 1.29 is 4.79 Å². The highest BCUT2D eigenvalue weighted by atomic mass is 79.9. The molecule has 16 heavy (non-hydrogen) atoms. The fourth-order valence-electron chi connectivity index (χ4n) is 1.16. The highest BCUT2D eigenvalue weighted by molar-refractivity contribution is 9.10. The van der Waals surface area contributed by atoms with Gasteiger partial charge in [0.2, 0.25) is 0 Å². The molecule has 0 aromatic carbocycles. The second kappa shape index (κ2) is 4.85. The Morgan fingerprint density at radius 3 is 2.81 bits per heavy atom. The molecule has 2 aromatic rings. The van der Waals surface area contributed by atoms with E-state index in [1.165, 1.54) is 6.20 Å². The summed E-state index contributed by atoms with van der Waals surface area (Å²) in [6, 6.07) is 8.72. The highest BCUT2D eigenvalue weighted by Gasteiger charge is 2.06. The number of pyridine rings is 2. The van der Waals surface area contributed by atoms with Crippen LogP contribution in [-0.2, 0) is 0 Å². The van der Waals surface area contributed by atoms with Crippen LogP contribution in [0.5, 0.6) is 0 Å². The lowest BCUT2D eigenvalue weighted by atomic mass is 10.3. The maximum absolute atomic E-state index is 11.7. The largest absolute Gasteiger partial charge is 0.306 e. The van der Waals surface area contributed by atoms with Crippen molar-refractivity contribution in [1.82, 2.24) is 9.97 Å². The summed E-state index contributed by atoms with van der Waals surface area (Å²) in [4.78, 5) is 19.7. The molecule has 0 saturated heterocycles. The van der Waals surface area contributed by atoms with E-state index in [0.29, 0.717) is 16.0 Å². The van der Waals surface area contributed by atoms with Crippen molar-refractivity contribution in [3.8, 4) is 0 Å². The zero-order chi connectivity index (χ0) is 11.4. The minimum atomic E-state index is -0.223. The van der Waals surface area contributed by atoms with Crippen LogP contribution in [0.25, 0.3) is 0 Å². The fraction of sp³-hybridized carbons (Fsp3) is 0. The molecule has 0 spiro atoms. The van der Waals surface area contributed by atoms with E-state index >= 15 is 0 Å². The molecule has 0 atom stereocenters. The monoisotopic (exact) mass is 277 g/mol. The molecule has 0 saturated carbocycles. The highest BCUT2D eigenvalue weighted by Crippen LogP contribution is 2.11. The molecule has 1 N–H and O–H groups in total. The number of aromatic nitrogens is 2. The number of hydrogen-bond donors (Lipinski definition) is 1. The molecule has 5 heteroatoms. The van der Waals surface area contributed by atoms with Crippen molar-refractivity contribution >= 4 is 27.7 Å². The lowest BCUT2D eigenvalue weighted by molar-refractivity contribution is 0.102. The third-order valence-corrected chi connectivity index (χ3v) is 2.32. The summed E-state index contributed by atoms with van der Waals surface area (Å²) >= 11 is 3.23. The average Bonchev–Trinajstić information content (AvgIpc) is 2.30. The Kier molecular flexibility index (Phi) is 3.26. The summed E-state index contributed by atoms with van der Waals surface area (Å²) in [5.74, 6) is 0.280. The van der Waals surface area contributed by atoms with Crippen LogP contribution in [0.4, 0.5) is 5.82 Å². The molecule has 2 rings (SSSR count). The second-order valence-electron chi connectivity index (χ2n) is 3.04. The standard InChI is InChI=1S/C11H8BrN3O/c12-9-4-1-5-10(14-9)15-11(16)8-3-2-6-13-7-8/h1-7H,(H,14,15,16). The number of amides is 1. The Labute approximate surface area is 101 Å². The summed E-state index contributed by atoms with van der Waals surface area (Å²) in [6.07, 6.45) is 3.13. The quantitative estimate of drug-likeness (QED) is 0.859. The zero-order valence-corrected chi connectivity index (χ0v) is 9.81. The normalized spacial score (nSPS) is 9.81. The Morgan fingerprint density at radius 2 is 2.12 bits per heavy atom. The molecule has 80 valence electrons. The third-order valence-electron chi connectivity index (χ3n) is 1.88. The Balaban J connectivity index is 2.14. The predicted octanol–water partition coefficient (Wildman–Crippen LogP) is 2.49. The van der Waals surface area contributed by atoms with Gasteiger partial charge in [0.25, 0.3) is 5.91 Å². The fourth-order valence-corrected chi connectivity index (χ4v) is 1.51. The number of anilines is 1. The first kappa shape index (κ1) is 10.8. The van der Waals surface area contributed by atoms with Gasteiger partial charge in [-0.3, -0.25) is 9.78 Å². The van der Waals surface area contributed by atoms with Gasteiger partial charge in [-0.05, 0) is 40.2 Å². The van der Waals surface area contributed by atoms with Crippen molar-refractivity contribution in [3.63, 3.8) is 0 Å². The zero-order valence-electron chi connectivity index (χ0n) is 8.22. The van der Waals surface area contributed by atoms with Crippen molar-refractivity contribution in [2.45, 2.75) is 0 Å². The minimum Gasteiger partial charge on any atom is -0.306 e. The molecule has 2 heterocycles. The first-order valence-corrected chi connectivity index (χ1v) is 5.39. The van der Waals surface area contributed by atoms with Crippen LogP contribution in [-0.4, -0.2) is 15.9 Å². The minimum absolute atomic E-state index is 0.223. The summed E-state index contributed by atoms with van der Waals surface area (Å²) < 4.78 is 0.677. The molecule has 0 aliphatic heterocycles. The number of carbonyl (C=O) groups is 1. The van der Waals surface area contributed by atoms with E-state index in [1.54, 1.807) is 36.5 Å². The van der Waals surface area contributed by atoms with E-state index in [0.717, 1.165) is 0 Å². The SMILES string of the molecule is O=C(Nc1cccc(Br)n1)c1cccnc1. The van der Waals surface area contributed by atoms with Gasteiger partial charge in [-0.1, -0.05) is 6.07 Å². The van der Waals surface area contributed by atoms with Crippen LogP contribution in [0, 0.1) is 0 Å². The van der Waals surface area contributed by atoms with Crippen molar-refractivity contribution in [3.05, 3.63) is 52.9 Å². The number of carbonyl (C=O) groups excluding carboxylic acids is 1. The molecule has 0 unspecified atom stereocenters. The maximum Gasteiger partial charge on any atom is 0.258 e. The van der Waals surface area contributed by atoms with E-state index in [-0.39, 0.29) is 5.91 Å². The van der Waals surface area contributed by atoms with Gasteiger partial charge < -0.3 is 5.32 Å². The van der Waals surface area contributed by atoms with E-state index in [4.69, 9.17) is 0 Å². The lowest BCUT2D eigenvalue weighted by Gasteiger charge is -2.03. The average molecular weight is 278 g/mol. The molecule has 1 amide bonds. The molecule has 0 fully saturated rings. The number of rotatable bonds is 2. The van der Waals surface area contributed by atoms with E-state index in [2.05, 4.69) is 31.2 Å². The molecule has 4 nitrogen and oxygen atoms in total.